The predicted molar refractivity (Wildman–Crippen MR) is 91.7 cm³/mol. The molecule has 0 spiro atoms. The molecule has 0 aliphatic rings. The number of guanidine groups is 1. The lowest BCUT2D eigenvalue weighted by Gasteiger charge is -2.22. The van der Waals surface area contributed by atoms with Gasteiger partial charge in [0.2, 0.25) is 0 Å². The van der Waals surface area contributed by atoms with E-state index in [2.05, 4.69) is 15.3 Å². The Morgan fingerprint density at radius 2 is 2.00 bits per heavy atom. The van der Waals surface area contributed by atoms with Crippen molar-refractivity contribution < 1.29 is 4.39 Å². The number of aliphatic imine (C=N–C) groups is 1. The average Bonchev–Trinajstić information content (AvgIpc) is 2.55. The number of aromatic nitrogens is 1. The van der Waals surface area contributed by atoms with Gasteiger partial charge in [0.25, 0.3) is 0 Å². The predicted octanol–water partition coefficient (Wildman–Crippen LogP) is 3.13. The molecule has 23 heavy (non-hydrogen) atoms. The number of rotatable bonds is 5. The minimum absolute atomic E-state index is 0.220. The molecule has 1 aromatic carbocycles. The number of benzene rings is 1. The van der Waals surface area contributed by atoms with Gasteiger partial charge in [-0.1, -0.05) is 18.2 Å². The molecule has 0 aliphatic carbocycles. The Labute approximate surface area is 137 Å². The van der Waals surface area contributed by atoms with E-state index in [1.54, 1.807) is 18.3 Å². The summed E-state index contributed by atoms with van der Waals surface area (Å²) < 4.78 is 13.0. The lowest BCUT2D eigenvalue weighted by molar-refractivity contribution is 0.476. The minimum atomic E-state index is -0.220. The molecule has 0 saturated carbocycles. The number of halogens is 1. The van der Waals surface area contributed by atoms with Crippen LogP contribution in [0.25, 0.3) is 0 Å². The first-order valence-corrected chi connectivity index (χ1v) is 7.74. The van der Waals surface area contributed by atoms with Gasteiger partial charge in [0.1, 0.15) is 5.82 Å². The number of hydrogen-bond acceptors (Lipinski definition) is 2. The summed E-state index contributed by atoms with van der Waals surface area (Å²) in [4.78, 5) is 11.0. The normalized spacial score (nSPS) is 11.4. The van der Waals surface area contributed by atoms with Crippen molar-refractivity contribution in [1.82, 2.24) is 15.2 Å². The summed E-state index contributed by atoms with van der Waals surface area (Å²) in [5, 5.41) is 3.28. The maximum Gasteiger partial charge on any atom is 0.194 e. The van der Waals surface area contributed by atoms with Gasteiger partial charge in [0.05, 0.1) is 12.2 Å². The van der Waals surface area contributed by atoms with E-state index in [0.717, 1.165) is 29.3 Å². The van der Waals surface area contributed by atoms with Gasteiger partial charge in [-0.2, -0.15) is 0 Å². The van der Waals surface area contributed by atoms with E-state index < -0.39 is 0 Å². The van der Waals surface area contributed by atoms with Crippen LogP contribution >= 0.6 is 0 Å². The molecule has 1 aromatic heterocycles. The SMILES string of the molecule is CCNC(=NCc1ncccc1C)N(C)Cc1ccc(F)cc1. The first-order chi connectivity index (χ1) is 11.1. The molecule has 1 heterocycles. The van der Waals surface area contributed by atoms with E-state index in [4.69, 9.17) is 0 Å². The van der Waals surface area contributed by atoms with Crippen LogP contribution in [-0.2, 0) is 13.1 Å². The van der Waals surface area contributed by atoms with Crippen molar-refractivity contribution >= 4 is 5.96 Å². The van der Waals surface area contributed by atoms with Crippen LogP contribution in [0.15, 0.2) is 47.6 Å². The number of hydrogen-bond donors (Lipinski definition) is 1. The molecular formula is C18H23FN4. The third-order valence-electron chi connectivity index (χ3n) is 3.53. The number of aryl methyl sites for hydroxylation is 1. The zero-order valence-corrected chi connectivity index (χ0v) is 13.9. The lowest BCUT2D eigenvalue weighted by atomic mass is 10.2. The largest absolute Gasteiger partial charge is 0.357 e. The van der Waals surface area contributed by atoms with E-state index in [1.165, 1.54) is 12.1 Å². The Morgan fingerprint density at radius 1 is 1.26 bits per heavy atom. The van der Waals surface area contributed by atoms with Crippen molar-refractivity contribution in [2.24, 2.45) is 4.99 Å². The van der Waals surface area contributed by atoms with Gasteiger partial charge in [-0.25, -0.2) is 9.38 Å². The standard InChI is InChI=1S/C18H23FN4/c1-4-20-18(22-12-17-14(2)6-5-11-21-17)23(3)13-15-7-9-16(19)10-8-15/h5-11H,4,12-13H2,1-3H3,(H,20,22). The highest BCUT2D eigenvalue weighted by molar-refractivity contribution is 5.79. The molecule has 0 radical (unpaired) electrons. The molecule has 2 aromatic rings. The molecule has 0 bridgehead atoms. The Kier molecular flexibility index (Phi) is 6.09. The van der Waals surface area contributed by atoms with Crippen molar-refractivity contribution in [1.29, 1.82) is 0 Å². The molecule has 0 fully saturated rings. The second-order valence-electron chi connectivity index (χ2n) is 5.42. The fourth-order valence-corrected chi connectivity index (χ4v) is 2.24. The van der Waals surface area contributed by atoms with Crippen LogP contribution in [0.1, 0.15) is 23.7 Å². The first-order valence-electron chi connectivity index (χ1n) is 7.74. The highest BCUT2D eigenvalue weighted by Gasteiger charge is 2.07. The molecule has 1 N–H and O–H groups in total. The van der Waals surface area contributed by atoms with E-state index >= 15 is 0 Å². The fourth-order valence-electron chi connectivity index (χ4n) is 2.24. The molecule has 0 aliphatic heterocycles. The van der Waals surface area contributed by atoms with Crippen LogP contribution in [0.2, 0.25) is 0 Å². The summed E-state index contributed by atoms with van der Waals surface area (Å²) in [5.74, 6) is 0.587. The zero-order valence-electron chi connectivity index (χ0n) is 13.9. The van der Waals surface area contributed by atoms with Crippen LogP contribution in [0.5, 0.6) is 0 Å². The Morgan fingerprint density at radius 3 is 2.65 bits per heavy atom. The summed E-state index contributed by atoms with van der Waals surface area (Å²) in [6.45, 7) is 6.05. The van der Waals surface area contributed by atoms with Gasteiger partial charge in [0, 0.05) is 26.3 Å². The molecule has 0 amide bonds. The van der Waals surface area contributed by atoms with E-state index in [-0.39, 0.29) is 5.82 Å². The molecule has 4 nitrogen and oxygen atoms in total. The van der Waals surface area contributed by atoms with Crippen LogP contribution in [0.3, 0.4) is 0 Å². The van der Waals surface area contributed by atoms with Crippen molar-refractivity contribution in [2.45, 2.75) is 26.9 Å². The summed E-state index contributed by atoms with van der Waals surface area (Å²) in [6.07, 6.45) is 1.78. The molecular weight excluding hydrogens is 291 g/mol. The highest BCUT2D eigenvalue weighted by Crippen LogP contribution is 2.08. The average molecular weight is 314 g/mol. The van der Waals surface area contributed by atoms with E-state index in [9.17, 15) is 4.39 Å². The highest BCUT2D eigenvalue weighted by atomic mass is 19.1. The van der Waals surface area contributed by atoms with Crippen LogP contribution in [0.4, 0.5) is 4.39 Å². The minimum Gasteiger partial charge on any atom is -0.357 e. The lowest BCUT2D eigenvalue weighted by Crippen LogP contribution is -2.38. The number of nitrogens with zero attached hydrogens (tertiary/aromatic N) is 3. The maximum absolute atomic E-state index is 13.0. The zero-order chi connectivity index (χ0) is 16.7. The van der Waals surface area contributed by atoms with Gasteiger partial charge in [-0.3, -0.25) is 4.98 Å². The smallest absolute Gasteiger partial charge is 0.194 e. The molecule has 0 unspecified atom stereocenters. The van der Waals surface area contributed by atoms with Gasteiger partial charge < -0.3 is 10.2 Å². The summed E-state index contributed by atoms with van der Waals surface area (Å²) in [5.41, 5.74) is 3.14. The number of nitrogens with one attached hydrogen (secondary N) is 1. The second-order valence-corrected chi connectivity index (χ2v) is 5.42. The molecule has 2 rings (SSSR count). The molecule has 5 heteroatoms. The molecule has 0 atom stereocenters. The van der Waals surface area contributed by atoms with Crippen molar-refractivity contribution in [2.75, 3.05) is 13.6 Å². The maximum atomic E-state index is 13.0. The number of pyridine rings is 1. The van der Waals surface area contributed by atoms with Gasteiger partial charge >= 0.3 is 0 Å². The van der Waals surface area contributed by atoms with Crippen LogP contribution < -0.4 is 5.32 Å². The quantitative estimate of drug-likeness (QED) is 0.681. The van der Waals surface area contributed by atoms with E-state index in [1.807, 2.05) is 37.9 Å². The van der Waals surface area contributed by atoms with Crippen molar-refractivity contribution in [3.05, 3.63) is 65.2 Å². The summed E-state index contributed by atoms with van der Waals surface area (Å²) in [7, 11) is 1.97. The fraction of sp³-hybridized carbons (Fsp3) is 0.333. The van der Waals surface area contributed by atoms with Gasteiger partial charge in [0.15, 0.2) is 5.96 Å². The Bertz CT molecular complexity index is 652. The summed E-state index contributed by atoms with van der Waals surface area (Å²) >= 11 is 0. The van der Waals surface area contributed by atoms with Crippen LogP contribution in [0, 0.1) is 12.7 Å². The molecule has 122 valence electrons. The van der Waals surface area contributed by atoms with Crippen molar-refractivity contribution in [3.8, 4) is 0 Å². The molecule has 0 saturated heterocycles. The monoisotopic (exact) mass is 314 g/mol. The van der Waals surface area contributed by atoms with Crippen molar-refractivity contribution in [3.63, 3.8) is 0 Å². The van der Waals surface area contributed by atoms with Crippen LogP contribution in [-0.4, -0.2) is 29.4 Å². The Balaban J connectivity index is 2.08. The third kappa shape index (κ3) is 5.06. The third-order valence-corrected chi connectivity index (χ3v) is 3.53. The second kappa shape index (κ2) is 8.27. The topological polar surface area (TPSA) is 40.5 Å². The first kappa shape index (κ1) is 16.9. The Hall–Kier alpha value is -2.43. The van der Waals surface area contributed by atoms with Gasteiger partial charge in [-0.15, -0.1) is 0 Å². The summed E-state index contributed by atoms with van der Waals surface area (Å²) in [6, 6.07) is 10.5. The van der Waals surface area contributed by atoms with Gasteiger partial charge in [-0.05, 0) is 43.2 Å². The van der Waals surface area contributed by atoms with E-state index in [0.29, 0.717) is 13.1 Å².